The van der Waals surface area contributed by atoms with Crippen molar-refractivity contribution in [1.29, 1.82) is 0 Å². The van der Waals surface area contributed by atoms with Crippen LogP contribution in [0.3, 0.4) is 0 Å². The fourth-order valence-electron chi connectivity index (χ4n) is 4.42. The maximum absolute atomic E-state index is 11.6. The Hall–Kier alpha value is -0.860. The SMILES string of the molecule is CC(C)c1ccc2c(c1)C(C)(C)[C@@]2(O)C(C)(C)[C@@H](O)C(C)C. The molecule has 0 saturated carbocycles. The Labute approximate surface area is 135 Å². The van der Waals surface area contributed by atoms with Gasteiger partial charge in [0.05, 0.1) is 6.10 Å². The third kappa shape index (κ3) is 2.00. The smallest absolute Gasteiger partial charge is 0.107 e. The standard InChI is InChI=1S/C20H32O2/c1-12(2)14-9-10-15-16(11-14)18(5,6)20(15,22)19(7,8)17(21)13(3)4/h9-13,17,21-22H,1-8H3/t17-,20+/m0/s1. The molecule has 0 spiro atoms. The average molecular weight is 304 g/mol. The molecule has 0 unspecified atom stereocenters. The van der Waals surface area contributed by atoms with E-state index >= 15 is 0 Å². The maximum atomic E-state index is 11.6. The third-order valence-corrected chi connectivity index (χ3v) is 5.98. The molecule has 1 aliphatic rings. The van der Waals surface area contributed by atoms with Crippen molar-refractivity contribution in [3.05, 3.63) is 34.9 Å². The van der Waals surface area contributed by atoms with E-state index in [9.17, 15) is 10.2 Å². The van der Waals surface area contributed by atoms with Crippen LogP contribution >= 0.6 is 0 Å². The molecule has 1 aromatic carbocycles. The van der Waals surface area contributed by atoms with Crippen LogP contribution in [0, 0.1) is 11.3 Å². The highest BCUT2D eigenvalue weighted by Gasteiger charge is 2.66. The normalized spacial score (nSPS) is 25.1. The van der Waals surface area contributed by atoms with E-state index in [4.69, 9.17) is 0 Å². The molecule has 2 N–H and O–H groups in total. The number of fused-ring (bicyclic) bond motifs is 1. The maximum Gasteiger partial charge on any atom is 0.107 e. The van der Waals surface area contributed by atoms with E-state index in [2.05, 4.69) is 45.9 Å². The summed E-state index contributed by atoms with van der Waals surface area (Å²) >= 11 is 0. The lowest BCUT2D eigenvalue weighted by Gasteiger charge is -2.63. The van der Waals surface area contributed by atoms with Crippen LogP contribution in [0.15, 0.2) is 18.2 Å². The third-order valence-electron chi connectivity index (χ3n) is 5.98. The fourth-order valence-corrected chi connectivity index (χ4v) is 4.42. The summed E-state index contributed by atoms with van der Waals surface area (Å²) in [5.41, 5.74) is 1.49. The van der Waals surface area contributed by atoms with Crippen LogP contribution in [0.1, 0.15) is 78.0 Å². The first-order chi connectivity index (χ1) is 9.89. The van der Waals surface area contributed by atoms with Crippen LogP contribution in [0.25, 0.3) is 0 Å². The van der Waals surface area contributed by atoms with Crippen LogP contribution in [-0.4, -0.2) is 16.3 Å². The van der Waals surface area contributed by atoms with Gasteiger partial charge in [0.25, 0.3) is 0 Å². The summed E-state index contributed by atoms with van der Waals surface area (Å²) in [5, 5.41) is 22.3. The zero-order valence-corrected chi connectivity index (χ0v) is 15.4. The molecule has 0 amide bonds. The Morgan fingerprint density at radius 1 is 1.00 bits per heavy atom. The summed E-state index contributed by atoms with van der Waals surface area (Å²) < 4.78 is 0. The second kappa shape index (κ2) is 5.07. The minimum atomic E-state index is -1.02. The minimum absolute atomic E-state index is 0.105. The van der Waals surface area contributed by atoms with Gasteiger partial charge in [0.1, 0.15) is 5.60 Å². The van der Waals surface area contributed by atoms with Crippen LogP contribution < -0.4 is 0 Å². The summed E-state index contributed by atoms with van der Waals surface area (Å²) in [5.74, 6) is 0.581. The summed E-state index contributed by atoms with van der Waals surface area (Å²) in [6.07, 6.45) is -0.560. The first-order valence-electron chi connectivity index (χ1n) is 8.44. The van der Waals surface area contributed by atoms with Crippen LogP contribution in [0.2, 0.25) is 0 Å². The molecule has 2 heteroatoms. The zero-order chi connectivity index (χ0) is 17.1. The Morgan fingerprint density at radius 2 is 1.55 bits per heavy atom. The van der Waals surface area contributed by atoms with Crippen molar-refractivity contribution < 1.29 is 10.2 Å². The number of benzene rings is 1. The first-order valence-corrected chi connectivity index (χ1v) is 8.44. The highest BCUT2D eigenvalue weighted by Crippen LogP contribution is 2.63. The Balaban J connectivity index is 2.57. The molecule has 2 nitrogen and oxygen atoms in total. The quantitative estimate of drug-likeness (QED) is 0.869. The zero-order valence-electron chi connectivity index (χ0n) is 15.4. The van der Waals surface area contributed by atoms with Crippen molar-refractivity contribution in [3.63, 3.8) is 0 Å². The Morgan fingerprint density at radius 3 is 2.00 bits per heavy atom. The van der Waals surface area contributed by atoms with Gasteiger partial charge in [-0.3, -0.25) is 0 Å². The van der Waals surface area contributed by atoms with Gasteiger partial charge >= 0.3 is 0 Å². The second-order valence-electron chi connectivity index (χ2n) is 8.71. The number of aliphatic hydroxyl groups is 2. The van der Waals surface area contributed by atoms with E-state index in [1.807, 2.05) is 27.7 Å². The molecule has 2 atom stereocenters. The van der Waals surface area contributed by atoms with Crippen molar-refractivity contribution in [3.8, 4) is 0 Å². The van der Waals surface area contributed by atoms with Gasteiger partial charge in [-0.15, -0.1) is 0 Å². The predicted molar refractivity (Wildman–Crippen MR) is 92.1 cm³/mol. The molecule has 0 heterocycles. The topological polar surface area (TPSA) is 40.5 Å². The molecule has 0 fully saturated rings. The van der Waals surface area contributed by atoms with Crippen LogP contribution in [0.5, 0.6) is 0 Å². The van der Waals surface area contributed by atoms with E-state index in [1.54, 1.807) is 0 Å². The van der Waals surface area contributed by atoms with Gasteiger partial charge in [-0.05, 0) is 28.5 Å². The monoisotopic (exact) mass is 304 g/mol. The van der Waals surface area contributed by atoms with Gasteiger partial charge in [-0.1, -0.05) is 73.6 Å². The van der Waals surface area contributed by atoms with Gasteiger partial charge in [-0.2, -0.15) is 0 Å². The highest BCUT2D eigenvalue weighted by atomic mass is 16.3. The van der Waals surface area contributed by atoms with Gasteiger partial charge < -0.3 is 10.2 Å². The molecule has 0 aromatic heterocycles. The molecule has 124 valence electrons. The summed E-state index contributed by atoms with van der Waals surface area (Å²) in [6, 6.07) is 6.40. The van der Waals surface area contributed by atoms with Crippen molar-refractivity contribution >= 4 is 0 Å². The molecule has 0 aliphatic heterocycles. The minimum Gasteiger partial charge on any atom is -0.392 e. The van der Waals surface area contributed by atoms with Gasteiger partial charge in [0.2, 0.25) is 0 Å². The fraction of sp³-hybridized carbons (Fsp3) is 0.700. The van der Waals surface area contributed by atoms with E-state index in [0.29, 0.717) is 5.92 Å². The molecule has 0 radical (unpaired) electrons. The lowest BCUT2D eigenvalue weighted by Crippen LogP contribution is -2.66. The number of rotatable bonds is 4. The first kappa shape index (κ1) is 17.5. The summed E-state index contributed by atoms with van der Waals surface area (Å²) in [4.78, 5) is 0. The lowest BCUT2D eigenvalue weighted by atomic mass is 9.45. The Kier molecular flexibility index (Phi) is 4.03. The van der Waals surface area contributed by atoms with Crippen molar-refractivity contribution in [2.75, 3.05) is 0 Å². The summed E-state index contributed by atoms with van der Waals surface area (Å²) in [7, 11) is 0. The lowest BCUT2D eigenvalue weighted by molar-refractivity contribution is -0.199. The number of hydrogen-bond donors (Lipinski definition) is 2. The van der Waals surface area contributed by atoms with E-state index in [1.165, 1.54) is 11.1 Å². The van der Waals surface area contributed by atoms with E-state index in [-0.39, 0.29) is 11.3 Å². The average Bonchev–Trinajstić information content (AvgIpc) is 2.44. The van der Waals surface area contributed by atoms with Crippen molar-refractivity contribution in [2.45, 2.75) is 78.4 Å². The molecule has 0 bridgehead atoms. The largest absolute Gasteiger partial charge is 0.392 e. The van der Waals surface area contributed by atoms with Crippen molar-refractivity contribution in [1.82, 2.24) is 0 Å². The molecule has 1 aromatic rings. The van der Waals surface area contributed by atoms with Gasteiger partial charge in [0.15, 0.2) is 0 Å². The molecule has 1 aliphatic carbocycles. The van der Waals surface area contributed by atoms with Gasteiger partial charge in [0, 0.05) is 10.8 Å². The van der Waals surface area contributed by atoms with Crippen LogP contribution in [0.4, 0.5) is 0 Å². The second-order valence-corrected chi connectivity index (χ2v) is 8.71. The van der Waals surface area contributed by atoms with E-state index < -0.39 is 17.1 Å². The summed E-state index contributed by atoms with van der Waals surface area (Å²) in [6.45, 7) is 16.5. The molecule has 2 rings (SSSR count). The van der Waals surface area contributed by atoms with E-state index in [0.717, 1.165) is 5.56 Å². The molecular formula is C20H32O2. The van der Waals surface area contributed by atoms with Gasteiger partial charge in [-0.25, -0.2) is 0 Å². The van der Waals surface area contributed by atoms with Crippen LogP contribution in [-0.2, 0) is 11.0 Å². The molecular weight excluding hydrogens is 272 g/mol. The molecule has 0 saturated heterocycles. The highest BCUT2D eigenvalue weighted by molar-refractivity contribution is 5.55. The van der Waals surface area contributed by atoms with Crippen molar-refractivity contribution in [2.24, 2.45) is 11.3 Å². The Bertz CT molecular complexity index is 569. The molecule has 22 heavy (non-hydrogen) atoms. The predicted octanol–water partition coefficient (Wildman–Crippen LogP) is 4.33. The number of aliphatic hydroxyl groups excluding tert-OH is 1. The number of hydrogen-bond acceptors (Lipinski definition) is 2.